The Bertz CT molecular complexity index is 739. The van der Waals surface area contributed by atoms with Crippen molar-refractivity contribution < 1.29 is 23.1 Å². The molecule has 5 nitrogen and oxygen atoms in total. The first-order valence-electron chi connectivity index (χ1n) is 8.13. The minimum atomic E-state index is -2.90. The molecule has 0 radical (unpaired) electrons. The lowest BCUT2D eigenvalue weighted by molar-refractivity contribution is -0.121. The largest absolute Gasteiger partial charge is 0.435 e. The van der Waals surface area contributed by atoms with E-state index in [1.54, 1.807) is 43.3 Å². The molecule has 1 atom stereocenters. The third kappa shape index (κ3) is 6.16. The van der Waals surface area contributed by atoms with Crippen molar-refractivity contribution >= 4 is 11.8 Å². The number of halogens is 2. The maximum Gasteiger partial charge on any atom is 0.387 e. The monoisotopic (exact) mass is 362 g/mol. The summed E-state index contributed by atoms with van der Waals surface area (Å²) in [4.78, 5) is 23.9. The fourth-order valence-corrected chi connectivity index (χ4v) is 2.34. The second kappa shape index (κ2) is 9.50. The van der Waals surface area contributed by atoms with Crippen LogP contribution in [0.25, 0.3) is 0 Å². The number of amides is 2. The third-order valence-electron chi connectivity index (χ3n) is 3.63. The third-order valence-corrected chi connectivity index (χ3v) is 3.63. The Balaban J connectivity index is 1.79. The number of rotatable bonds is 8. The minimum absolute atomic E-state index is 0.0359. The van der Waals surface area contributed by atoms with Crippen molar-refractivity contribution in [3.63, 3.8) is 0 Å². The van der Waals surface area contributed by atoms with Crippen LogP contribution in [0, 0.1) is 0 Å². The highest BCUT2D eigenvalue weighted by Crippen LogP contribution is 2.20. The van der Waals surface area contributed by atoms with E-state index in [0.717, 1.165) is 0 Å². The summed E-state index contributed by atoms with van der Waals surface area (Å²) in [5.74, 6) is -0.469. The van der Waals surface area contributed by atoms with Crippen LogP contribution in [0.15, 0.2) is 54.6 Å². The van der Waals surface area contributed by atoms with Crippen molar-refractivity contribution in [2.75, 3.05) is 6.54 Å². The Morgan fingerprint density at radius 1 is 1.08 bits per heavy atom. The van der Waals surface area contributed by atoms with Crippen molar-refractivity contribution in [3.05, 3.63) is 65.7 Å². The van der Waals surface area contributed by atoms with E-state index >= 15 is 0 Å². The van der Waals surface area contributed by atoms with Crippen molar-refractivity contribution in [2.45, 2.75) is 26.0 Å². The summed E-state index contributed by atoms with van der Waals surface area (Å²) >= 11 is 0. The number of carbonyl (C=O) groups excluding carboxylic acids is 2. The first kappa shape index (κ1) is 19.4. The summed E-state index contributed by atoms with van der Waals surface area (Å²) in [5, 5.41) is 5.43. The Kier molecular flexibility index (Phi) is 7.08. The van der Waals surface area contributed by atoms with Gasteiger partial charge in [-0.15, -0.1) is 0 Å². The highest BCUT2D eigenvalue weighted by molar-refractivity contribution is 5.94. The van der Waals surface area contributed by atoms with Gasteiger partial charge in [-0.1, -0.05) is 30.3 Å². The van der Waals surface area contributed by atoms with Crippen molar-refractivity contribution in [2.24, 2.45) is 0 Å². The molecular weight excluding hydrogens is 342 g/mol. The number of hydrogen-bond donors (Lipinski definition) is 2. The van der Waals surface area contributed by atoms with E-state index in [0.29, 0.717) is 11.1 Å². The highest BCUT2D eigenvalue weighted by atomic mass is 19.3. The predicted octanol–water partition coefficient (Wildman–Crippen LogP) is 3.29. The van der Waals surface area contributed by atoms with Gasteiger partial charge < -0.3 is 15.4 Å². The molecule has 2 amide bonds. The van der Waals surface area contributed by atoms with E-state index in [4.69, 9.17) is 0 Å². The van der Waals surface area contributed by atoms with Crippen LogP contribution in [0.3, 0.4) is 0 Å². The SMILES string of the molecule is CC(NC(=O)CCNC(=O)c1ccccc1)c1cccc(OC(F)F)c1. The molecule has 2 N–H and O–H groups in total. The number of alkyl halides is 2. The molecule has 0 bridgehead atoms. The summed E-state index contributed by atoms with van der Waals surface area (Å²) in [6.45, 7) is -0.966. The van der Waals surface area contributed by atoms with Gasteiger partial charge in [0.25, 0.3) is 5.91 Å². The molecule has 26 heavy (non-hydrogen) atoms. The van der Waals surface area contributed by atoms with Crippen LogP contribution < -0.4 is 15.4 Å². The number of hydrogen-bond acceptors (Lipinski definition) is 3. The number of ether oxygens (including phenoxy) is 1. The van der Waals surface area contributed by atoms with Crippen molar-refractivity contribution in [1.29, 1.82) is 0 Å². The zero-order valence-corrected chi connectivity index (χ0v) is 14.2. The molecule has 0 fully saturated rings. The van der Waals surface area contributed by atoms with Gasteiger partial charge in [0, 0.05) is 18.5 Å². The van der Waals surface area contributed by atoms with Crippen LogP contribution in [0.1, 0.15) is 35.3 Å². The van der Waals surface area contributed by atoms with E-state index in [1.807, 2.05) is 6.07 Å². The molecule has 0 heterocycles. The molecule has 7 heteroatoms. The maximum atomic E-state index is 12.3. The summed E-state index contributed by atoms with van der Waals surface area (Å²) in [6.07, 6.45) is 0.107. The van der Waals surface area contributed by atoms with Crippen molar-refractivity contribution in [3.8, 4) is 5.75 Å². The Labute approximate surface area is 150 Å². The number of carbonyl (C=O) groups is 2. The zero-order chi connectivity index (χ0) is 18.9. The van der Waals surface area contributed by atoms with Gasteiger partial charge in [-0.25, -0.2) is 0 Å². The molecule has 0 aromatic heterocycles. The molecule has 0 aliphatic rings. The van der Waals surface area contributed by atoms with Gasteiger partial charge in [0.1, 0.15) is 5.75 Å². The fraction of sp³-hybridized carbons (Fsp3) is 0.263. The van der Waals surface area contributed by atoms with Crippen LogP contribution in [0.5, 0.6) is 5.75 Å². The zero-order valence-electron chi connectivity index (χ0n) is 14.2. The van der Waals surface area contributed by atoms with Gasteiger partial charge in [-0.3, -0.25) is 9.59 Å². The summed E-state index contributed by atoms with van der Waals surface area (Å²) in [5.41, 5.74) is 1.17. The molecule has 1 unspecified atom stereocenters. The van der Waals surface area contributed by atoms with Crippen LogP contribution in [0.2, 0.25) is 0 Å². The minimum Gasteiger partial charge on any atom is -0.435 e. The predicted molar refractivity (Wildman–Crippen MR) is 93.0 cm³/mol. The second-order valence-electron chi connectivity index (χ2n) is 5.61. The quantitative estimate of drug-likeness (QED) is 0.757. The van der Waals surface area contributed by atoms with Crippen LogP contribution in [-0.2, 0) is 4.79 Å². The van der Waals surface area contributed by atoms with Gasteiger partial charge in [0.2, 0.25) is 5.91 Å². The Hall–Kier alpha value is -2.96. The Morgan fingerprint density at radius 3 is 2.50 bits per heavy atom. The summed E-state index contributed by atoms with van der Waals surface area (Å²) in [6, 6.07) is 14.5. The number of nitrogens with one attached hydrogen (secondary N) is 2. The van der Waals surface area contributed by atoms with E-state index in [2.05, 4.69) is 15.4 Å². The van der Waals surface area contributed by atoms with Gasteiger partial charge in [-0.2, -0.15) is 8.78 Å². The summed E-state index contributed by atoms with van der Waals surface area (Å²) < 4.78 is 28.9. The molecule has 138 valence electrons. The second-order valence-corrected chi connectivity index (χ2v) is 5.61. The molecule has 0 aliphatic carbocycles. The van der Waals surface area contributed by atoms with E-state index in [1.165, 1.54) is 12.1 Å². The lowest BCUT2D eigenvalue weighted by Gasteiger charge is -2.15. The van der Waals surface area contributed by atoms with Gasteiger partial charge >= 0.3 is 6.61 Å². The molecular formula is C19H20F2N2O3. The van der Waals surface area contributed by atoms with Crippen LogP contribution in [-0.4, -0.2) is 25.0 Å². The van der Waals surface area contributed by atoms with Gasteiger partial charge in [0.05, 0.1) is 6.04 Å². The topological polar surface area (TPSA) is 67.4 Å². The maximum absolute atomic E-state index is 12.3. The molecule has 0 saturated carbocycles. The first-order chi connectivity index (χ1) is 12.5. The highest BCUT2D eigenvalue weighted by Gasteiger charge is 2.12. The van der Waals surface area contributed by atoms with E-state index in [-0.39, 0.29) is 36.6 Å². The average Bonchev–Trinajstić information content (AvgIpc) is 2.62. The van der Waals surface area contributed by atoms with Crippen LogP contribution >= 0.6 is 0 Å². The number of benzene rings is 2. The normalized spacial score (nSPS) is 11.7. The molecule has 0 spiro atoms. The van der Waals surface area contributed by atoms with E-state index < -0.39 is 6.61 Å². The Morgan fingerprint density at radius 2 is 1.81 bits per heavy atom. The van der Waals surface area contributed by atoms with Gasteiger partial charge in [0.15, 0.2) is 0 Å². The fourth-order valence-electron chi connectivity index (χ4n) is 2.34. The average molecular weight is 362 g/mol. The lowest BCUT2D eigenvalue weighted by atomic mass is 10.1. The smallest absolute Gasteiger partial charge is 0.387 e. The van der Waals surface area contributed by atoms with Gasteiger partial charge in [-0.05, 0) is 36.8 Å². The molecule has 2 rings (SSSR count). The molecule has 2 aromatic rings. The van der Waals surface area contributed by atoms with Crippen molar-refractivity contribution in [1.82, 2.24) is 10.6 Å². The standard InChI is InChI=1S/C19H20F2N2O3/c1-13(15-8-5-9-16(12-15)26-19(20)21)23-17(24)10-11-22-18(25)14-6-3-2-4-7-14/h2-9,12-13,19H,10-11H2,1H3,(H,22,25)(H,23,24). The van der Waals surface area contributed by atoms with E-state index in [9.17, 15) is 18.4 Å². The van der Waals surface area contributed by atoms with Crippen LogP contribution in [0.4, 0.5) is 8.78 Å². The lowest BCUT2D eigenvalue weighted by Crippen LogP contribution is -2.32. The first-order valence-corrected chi connectivity index (χ1v) is 8.13. The molecule has 0 aliphatic heterocycles. The summed E-state index contributed by atoms with van der Waals surface area (Å²) in [7, 11) is 0. The molecule has 0 saturated heterocycles. The molecule has 2 aromatic carbocycles.